The quantitative estimate of drug-likeness (QED) is 0.850. The Bertz CT molecular complexity index is 505. The molecule has 2 unspecified atom stereocenters. The molecule has 0 aromatic heterocycles. The highest BCUT2D eigenvalue weighted by atomic mass is 19.1. The second-order valence-corrected chi connectivity index (χ2v) is 5.68. The lowest BCUT2D eigenvalue weighted by atomic mass is 10.1. The number of carbonyl (C=O) groups excluding carboxylic acids is 1. The number of nitrogens with zero attached hydrogens (tertiary/aromatic N) is 2. The molecular weight excluding hydrogens is 259 g/mol. The van der Waals surface area contributed by atoms with E-state index in [-0.39, 0.29) is 11.8 Å². The fraction of sp³-hybridized carbons (Fsp3) is 0.533. The van der Waals surface area contributed by atoms with Gasteiger partial charge in [-0.1, -0.05) is 0 Å². The number of Topliss-reactive ketones (excluding diaryl/α,β-unsaturated/α-hetero) is 1. The number of halogens is 1. The summed E-state index contributed by atoms with van der Waals surface area (Å²) in [6.07, 6.45) is 0.247. The van der Waals surface area contributed by atoms with Crippen LogP contribution in [0.1, 0.15) is 23.7 Å². The fourth-order valence-electron chi connectivity index (χ4n) is 2.82. The molecular formula is C15H21FN2O2. The largest absolute Gasteiger partial charge is 0.391 e. The Morgan fingerprint density at radius 2 is 2.20 bits per heavy atom. The van der Waals surface area contributed by atoms with Gasteiger partial charge in [-0.25, -0.2) is 4.39 Å². The molecule has 0 bridgehead atoms. The van der Waals surface area contributed by atoms with Gasteiger partial charge < -0.3 is 14.9 Å². The van der Waals surface area contributed by atoms with Crippen LogP contribution >= 0.6 is 0 Å². The topological polar surface area (TPSA) is 43.8 Å². The van der Waals surface area contributed by atoms with Gasteiger partial charge in [-0.3, -0.25) is 4.79 Å². The van der Waals surface area contributed by atoms with Crippen molar-refractivity contribution < 1.29 is 14.3 Å². The smallest absolute Gasteiger partial charge is 0.161 e. The van der Waals surface area contributed by atoms with E-state index in [1.54, 1.807) is 6.07 Å². The van der Waals surface area contributed by atoms with Crippen molar-refractivity contribution in [1.82, 2.24) is 4.90 Å². The van der Waals surface area contributed by atoms with Crippen molar-refractivity contribution in [2.24, 2.45) is 0 Å². The third-order valence-electron chi connectivity index (χ3n) is 3.62. The molecule has 0 spiro atoms. The summed E-state index contributed by atoms with van der Waals surface area (Å²) in [6.45, 7) is 2.70. The monoisotopic (exact) mass is 280 g/mol. The van der Waals surface area contributed by atoms with Crippen LogP contribution in [0.15, 0.2) is 18.2 Å². The van der Waals surface area contributed by atoms with E-state index in [0.29, 0.717) is 24.2 Å². The van der Waals surface area contributed by atoms with E-state index < -0.39 is 11.9 Å². The van der Waals surface area contributed by atoms with Gasteiger partial charge in [0, 0.05) is 30.4 Å². The van der Waals surface area contributed by atoms with E-state index in [1.165, 1.54) is 19.1 Å². The zero-order valence-corrected chi connectivity index (χ0v) is 12.1. The van der Waals surface area contributed by atoms with Crippen molar-refractivity contribution in [3.8, 4) is 0 Å². The van der Waals surface area contributed by atoms with E-state index in [2.05, 4.69) is 0 Å². The van der Waals surface area contributed by atoms with Crippen LogP contribution in [0, 0.1) is 5.82 Å². The first-order valence-corrected chi connectivity index (χ1v) is 6.78. The van der Waals surface area contributed by atoms with Gasteiger partial charge in [-0.15, -0.1) is 0 Å². The average molecular weight is 280 g/mol. The zero-order chi connectivity index (χ0) is 14.9. The van der Waals surface area contributed by atoms with Crippen LogP contribution in [-0.4, -0.2) is 55.1 Å². The summed E-state index contributed by atoms with van der Waals surface area (Å²) >= 11 is 0. The number of carbonyl (C=O) groups is 1. The Balaban J connectivity index is 2.36. The number of rotatable bonds is 4. The first-order chi connectivity index (χ1) is 9.38. The number of hydrogen-bond donors (Lipinski definition) is 1. The Labute approximate surface area is 118 Å². The lowest BCUT2D eigenvalue weighted by molar-refractivity contribution is 0.101. The third kappa shape index (κ3) is 3.16. The zero-order valence-electron chi connectivity index (χ0n) is 12.1. The van der Waals surface area contributed by atoms with Gasteiger partial charge in [0.25, 0.3) is 0 Å². The molecule has 2 atom stereocenters. The average Bonchev–Trinajstić information content (AvgIpc) is 2.69. The van der Waals surface area contributed by atoms with Crippen molar-refractivity contribution in [3.05, 3.63) is 29.6 Å². The number of ketones is 1. The van der Waals surface area contributed by atoms with Crippen molar-refractivity contribution in [2.75, 3.05) is 32.1 Å². The minimum Gasteiger partial charge on any atom is -0.391 e. The first-order valence-electron chi connectivity index (χ1n) is 6.78. The molecule has 110 valence electrons. The molecule has 1 heterocycles. The van der Waals surface area contributed by atoms with E-state index >= 15 is 0 Å². The number of likely N-dealkylation sites (N-methyl/N-ethyl adjacent to an activating group) is 1. The normalized spacial score (nSPS) is 22.6. The number of benzene rings is 1. The fourth-order valence-corrected chi connectivity index (χ4v) is 2.82. The van der Waals surface area contributed by atoms with Crippen LogP contribution in [0.5, 0.6) is 0 Å². The number of β-amino-alcohol motifs (C(OH)–C–C–N with tert-alkyl or cyclic N) is 1. The number of hydrogen-bond acceptors (Lipinski definition) is 4. The molecule has 20 heavy (non-hydrogen) atoms. The molecule has 1 aromatic carbocycles. The summed E-state index contributed by atoms with van der Waals surface area (Å²) < 4.78 is 13.4. The third-order valence-corrected chi connectivity index (χ3v) is 3.62. The summed E-state index contributed by atoms with van der Waals surface area (Å²) in [7, 11) is 3.94. The van der Waals surface area contributed by atoms with E-state index in [9.17, 15) is 14.3 Å². The first kappa shape index (κ1) is 14.9. The van der Waals surface area contributed by atoms with Gasteiger partial charge in [0.15, 0.2) is 5.78 Å². The second-order valence-electron chi connectivity index (χ2n) is 5.68. The van der Waals surface area contributed by atoms with Crippen LogP contribution in [0.4, 0.5) is 10.1 Å². The maximum Gasteiger partial charge on any atom is 0.161 e. The summed E-state index contributed by atoms with van der Waals surface area (Å²) in [5, 5.41) is 9.91. The Morgan fingerprint density at radius 3 is 2.80 bits per heavy atom. The van der Waals surface area contributed by atoms with Crippen LogP contribution in [0.2, 0.25) is 0 Å². The maximum atomic E-state index is 13.4. The lowest BCUT2D eigenvalue weighted by Crippen LogP contribution is -2.38. The van der Waals surface area contributed by atoms with Crippen molar-refractivity contribution in [3.63, 3.8) is 0 Å². The van der Waals surface area contributed by atoms with Crippen LogP contribution in [0.3, 0.4) is 0 Å². The number of aliphatic hydroxyl groups excluding tert-OH is 1. The van der Waals surface area contributed by atoms with E-state index in [0.717, 1.165) is 6.54 Å². The molecule has 1 aliphatic heterocycles. The predicted molar refractivity (Wildman–Crippen MR) is 76.7 cm³/mol. The Kier molecular flexibility index (Phi) is 4.40. The summed E-state index contributed by atoms with van der Waals surface area (Å²) in [5.41, 5.74) is 1.09. The molecule has 0 aliphatic carbocycles. The molecule has 0 amide bonds. The highest BCUT2D eigenvalue weighted by molar-refractivity contribution is 5.99. The second kappa shape index (κ2) is 5.89. The molecule has 0 saturated carbocycles. The van der Waals surface area contributed by atoms with Crippen LogP contribution < -0.4 is 4.90 Å². The summed E-state index contributed by atoms with van der Waals surface area (Å²) in [5.74, 6) is -0.577. The number of aliphatic hydroxyl groups is 1. The molecule has 2 rings (SSSR count). The molecule has 4 nitrogen and oxygen atoms in total. The predicted octanol–water partition coefficient (Wildman–Crippen LogP) is 1.53. The lowest BCUT2D eigenvalue weighted by Gasteiger charge is -2.30. The minimum atomic E-state index is -0.414. The van der Waals surface area contributed by atoms with Gasteiger partial charge in [0.1, 0.15) is 5.82 Å². The molecule has 5 heteroatoms. The molecule has 1 aliphatic rings. The van der Waals surface area contributed by atoms with Gasteiger partial charge in [0.2, 0.25) is 0 Å². The summed E-state index contributed by atoms with van der Waals surface area (Å²) in [4.78, 5) is 15.8. The Morgan fingerprint density at radius 1 is 1.50 bits per heavy atom. The van der Waals surface area contributed by atoms with E-state index in [4.69, 9.17) is 0 Å². The van der Waals surface area contributed by atoms with Gasteiger partial charge in [-0.05, 0) is 45.6 Å². The summed E-state index contributed by atoms with van der Waals surface area (Å²) in [6, 6.07) is 4.39. The van der Waals surface area contributed by atoms with Gasteiger partial charge in [0.05, 0.1) is 6.10 Å². The van der Waals surface area contributed by atoms with Crippen molar-refractivity contribution in [1.29, 1.82) is 0 Å². The van der Waals surface area contributed by atoms with Gasteiger partial charge in [-0.2, -0.15) is 0 Å². The molecule has 1 N–H and O–H groups in total. The SMILES string of the molecule is CC(=O)c1cc(F)ccc1N1CC(O)CC1CN(C)C. The van der Waals surface area contributed by atoms with Crippen molar-refractivity contribution in [2.45, 2.75) is 25.5 Å². The molecule has 1 aromatic rings. The van der Waals surface area contributed by atoms with Crippen LogP contribution in [-0.2, 0) is 0 Å². The number of anilines is 1. The Hall–Kier alpha value is -1.46. The maximum absolute atomic E-state index is 13.4. The minimum absolute atomic E-state index is 0.128. The highest BCUT2D eigenvalue weighted by Gasteiger charge is 2.33. The van der Waals surface area contributed by atoms with Crippen LogP contribution in [0.25, 0.3) is 0 Å². The highest BCUT2D eigenvalue weighted by Crippen LogP contribution is 2.30. The van der Waals surface area contributed by atoms with E-state index in [1.807, 2.05) is 23.9 Å². The molecule has 1 fully saturated rings. The van der Waals surface area contributed by atoms with Crippen molar-refractivity contribution >= 4 is 11.5 Å². The van der Waals surface area contributed by atoms with Gasteiger partial charge >= 0.3 is 0 Å². The standard InChI is InChI=1S/C15H21FN2O2/c1-10(19)14-6-11(16)4-5-15(14)18-9-13(20)7-12(18)8-17(2)3/h4-6,12-13,20H,7-9H2,1-3H3. The molecule has 1 saturated heterocycles. The molecule has 0 radical (unpaired) electrons.